The Kier molecular flexibility index (Phi) is 6.59. The van der Waals surface area contributed by atoms with Crippen molar-refractivity contribution in [3.63, 3.8) is 0 Å². The van der Waals surface area contributed by atoms with Crippen LogP contribution < -0.4 is 5.32 Å². The molecule has 0 saturated carbocycles. The maximum absolute atomic E-state index is 3.53. The highest BCUT2D eigenvalue weighted by atomic mass is 32.2. The van der Waals surface area contributed by atoms with Crippen molar-refractivity contribution < 1.29 is 0 Å². The van der Waals surface area contributed by atoms with Crippen LogP contribution in [0.3, 0.4) is 0 Å². The first-order valence-corrected chi connectivity index (χ1v) is 9.25. The van der Waals surface area contributed by atoms with Gasteiger partial charge in [-0.25, -0.2) is 0 Å². The van der Waals surface area contributed by atoms with Gasteiger partial charge in [0.1, 0.15) is 0 Å². The Hall–Kier alpha value is -0.510. The smallest absolute Gasteiger partial charge is 0.0237 e. The first kappa shape index (κ1) is 16.9. The van der Waals surface area contributed by atoms with Crippen molar-refractivity contribution in [1.29, 1.82) is 0 Å². The van der Waals surface area contributed by atoms with E-state index in [9.17, 15) is 0 Å². The number of nitrogens with one attached hydrogen (secondary N) is 1. The quantitative estimate of drug-likeness (QED) is 0.861. The van der Waals surface area contributed by atoms with Gasteiger partial charge in [0, 0.05) is 36.7 Å². The number of rotatable bonds is 6. The molecule has 0 aromatic heterocycles. The third-order valence-corrected chi connectivity index (χ3v) is 5.61. The summed E-state index contributed by atoms with van der Waals surface area (Å²) in [7, 11) is 0. The molecule has 1 fully saturated rings. The summed E-state index contributed by atoms with van der Waals surface area (Å²) in [6.07, 6.45) is 0. The van der Waals surface area contributed by atoms with Gasteiger partial charge in [-0.3, -0.25) is 4.90 Å². The van der Waals surface area contributed by atoms with Gasteiger partial charge in [0.2, 0.25) is 0 Å². The van der Waals surface area contributed by atoms with Gasteiger partial charge in [-0.1, -0.05) is 45.0 Å². The third kappa shape index (κ3) is 5.32. The molecule has 1 saturated heterocycles. The van der Waals surface area contributed by atoms with Gasteiger partial charge >= 0.3 is 0 Å². The summed E-state index contributed by atoms with van der Waals surface area (Å²) in [5.74, 6) is 1.97. The molecule has 0 radical (unpaired) electrons. The Morgan fingerprint density at radius 2 is 2.05 bits per heavy atom. The van der Waals surface area contributed by atoms with E-state index in [4.69, 9.17) is 0 Å². The first-order chi connectivity index (χ1) is 10.1. The van der Waals surface area contributed by atoms with Gasteiger partial charge in [0.05, 0.1) is 0 Å². The summed E-state index contributed by atoms with van der Waals surface area (Å²) in [5, 5.41) is 4.28. The second-order valence-electron chi connectivity index (χ2n) is 6.63. The van der Waals surface area contributed by atoms with Crippen molar-refractivity contribution in [1.82, 2.24) is 10.2 Å². The van der Waals surface area contributed by atoms with Crippen LogP contribution in [0.5, 0.6) is 0 Å². The molecule has 2 nitrogen and oxygen atoms in total. The number of hydrogen-bond acceptors (Lipinski definition) is 3. The zero-order valence-corrected chi connectivity index (χ0v) is 14.7. The van der Waals surface area contributed by atoms with Crippen LogP contribution in [-0.4, -0.2) is 35.0 Å². The molecule has 2 unspecified atom stereocenters. The predicted octanol–water partition coefficient (Wildman–Crippen LogP) is 3.76. The minimum atomic E-state index is 0.673. The predicted molar refractivity (Wildman–Crippen MR) is 94.8 cm³/mol. The lowest BCUT2D eigenvalue weighted by Crippen LogP contribution is -2.43. The summed E-state index contributed by atoms with van der Waals surface area (Å²) in [5.41, 5.74) is 2.85. The van der Waals surface area contributed by atoms with Gasteiger partial charge in [-0.05, 0) is 30.5 Å². The monoisotopic (exact) mass is 306 g/mol. The van der Waals surface area contributed by atoms with E-state index < -0.39 is 0 Å². The summed E-state index contributed by atoms with van der Waals surface area (Å²) >= 11 is 2.11. The Bertz CT molecular complexity index is 433. The Morgan fingerprint density at radius 1 is 1.29 bits per heavy atom. The number of hydrogen-bond donors (Lipinski definition) is 1. The van der Waals surface area contributed by atoms with E-state index in [1.807, 2.05) is 0 Å². The average molecular weight is 307 g/mol. The zero-order valence-electron chi connectivity index (χ0n) is 13.9. The molecule has 21 heavy (non-hydrogen) atoms. The number of benzene rings is 1. The standard InChI is InChI=1S/C18H30N2S/c1-14(2)11-19-12-17-6-5-7-18(10-17)13-20-8-9-21-16(4)15(20)3/h5-7,10,14-16,19H,8-9,11-13H2,1-4H3. The highest BCUT2D eigenvalue weighted by molar-refractivity contribution is 8.00. The van der Waals surface area contributed by atoms with Crippen molar-refractivity contribution >= 4 is 11.8 Å². The van der Waals surface area contributed by atoms with Crippen LogP contribution in [0.4, 0.5) is 0 Å². The van der Waals surface area contributed by atoms with Crippen LogP contribution in [0.15, 0.2) is 24.3 Å². The van der Waals surface area contributed by atoms with Crippen molar-refractivity contribution in [3.05, 3.63) is 35.4 Å². The molecule has 0 aliphatic carbocycles. The molecule has 2 atom stereocenters. The Balaban J connectivity index is 1.91. The summed E-state index contributed by atoms with van der Waals surface area (Å²) < 4.78 is 0. The minimum absolute atomic E-state index is 0.673. The Labute approximate surface area is 134 Å². The van der Waals surface area contributed by atoms with Gasteiger partial charge < -0.3 is 5.32 Å². The van der Waals surface area contributed by atoms with Crippen molar-refractivity contribution in [2.45, 2.75) is 52.1 Å². The van der Waals surface area contributed by atoms with Crippen LogP contribution in [0.2, 0.25) is 0 Å². The van der Waals surface area contributed by atoms with Gasteiger partial charge in [0.25, 0.3) is 0 Å². The molecular weight excluding hydrogens is 276 g/mol. The molecule has 118 valence electrons. The maximum Gasteiger partial charge on any atom is 0.0237 e. The van der Waals surface area contributed by atoms with E-state index >= 15 is 0 Å². The zero-order chi connectivity index (χ0) is 15.2. The molecule has 0 bridgehead atoms. The fraction of sp³-hybridized carbons (Fsp3) is 0.667. The molecule has 1 N–H and O–H groups in total. The normalized spacial score (nSPS) is 23.7. The second-order valence-corrected chi connectivity index (χ2v) is 8.12. The summed E-state index contributed by atoms with van der Waals surface area (Å²) in [6.45, 7) is 13.6. The first-order valence-electron chi connectivity index (χ1n) is 8.20. The van der Waals surface area contributed by atoms with Crippen LogP contribution in [0.1, 0.15) is 38.8 Å². The molecule has 1 aliphatic heterocycles. The van der Waals surface area contributed by atoms with Crippen LogP contribution >= 0.6 is 11.8 Å². The molecule has 1 aromatic rings. The van der Waals surface area contributed by atoms with Gasteiger partial charge in [-0.2, -0.15) is 11.8 Å². The van der Waals surface area contributed by atoms with E-state index in [-0.39, 0.29) is 0 Å². The maximum atomic E-state index is 3.53. The van der Waals surface area contributed by atoms with Gasteiger partial charge in [0.15, 0.2) is 0 Å². The van der Waals surface area contributed by atoms with Crippen LogP contribution in [0, 0.1) is 5.92 Å². The van der Waals surface area contributed by atoms with E-state index in [1.54, 1.807) is 0 Å². The van der Waals surface area contributed by atoms with Gasteiger partial charge in [-0.15, -0.1) is 0 Å². The molecular formula is C18H30N2S. The molecule has 1 heterocycles. The lowest BCUT2D eigenvalue weighted by molar-refractivity contribution is 0.204. The number of nitrogens with zero attached hydrogens (tertiary/aromatic N) is 1. The Morgan fingerprint density at radius 3 is 2.81 bits per heavy atom. The van der Waals surface area contributed by atoms with E-state index in [2.05, 4.69) is 73.9 Å². The lowest BCUT2D eigenvalue weighted by atomic mass is 10.1. The summed E-state index contributed by atoms with van der Waals surface area (Å²) in [6, 6.07) is 9.74. The SMILES string of the molecule is CC(C)CNCc1cccc(CN2CCSC(C)C2C)c1. The molecule has 2 rings (SSSR count). The fourth-order valence-corrected chi connectivity index (χ4v) is 3.96. The lowest BCUT2D eigenvalue weighted by Gasteiger charge is -2.37. The van der Waals surface area contributed by atoms with Crippen LogP contribution in [-0.2, 0) is 13.1 Å². The topological polar surface area (TPSA) is 15.3 Å². The van der Waals surface area contributed by atoms with Crippen molar-refractivity contribution in [2.24, 2.45) is 5.92 Å². The molecule has 1 aromatic carbocycles. The van der Waals surface area contributed by atoms with E-state index in [0.717, 1.165) is 24.9 Å². The molecule has 3 heteroatoms. The van der Waals surface area contributed by atoms with Crippen molar-refractivity contribution in [2.75, 3.05) is 18.8 Å². The third-order valence-electron chi connectivity index (χ3n) is 4.27. The largest absolute Gasteiger partial charge is 0.312 e. The second kappa shape index (κ2) is 8.21. The fourth-order valence-electron chi connectivity index (χ4n) is 2.80. The summed E-state index contributed by atoms with van der Waals surface area (Å²) in [4.78, 5) is 2.63. The highest BCUT2D eigenvalue weighted by Crippen LogP contribution is 2.25. The van der Waals surface area contributed by atoms with Crippen molar-refractivity contribution in [3.8, 4) is 0 Å². The van der Waals surface area contributed by atoms with E-state index in [0.29, 0.717) is 12.0 Å². The number of thioether (sulfide) groups is 1. The molecule has 0 amide bonds. The van der Waals surface area contributed by atoms with Crippen LogP contribution in [0.25, 0.3) is 0 Å². The average Bonchev–Trinajstić information content (AvgIpc) is 2.44. The van der Waals surface area contributed by atoms with E-state index in [1.165, 1.54) is 23.4 Å². The highest BCUT2D eigenvalue weighted by Gasteiger charge is 2.24. The molecule has 0 spiro atoms. The molecule has 1 aliphatic rings. The minimum Gasteiger partial charge on any atom is -0.312 e.